The Morgan fingerprint density at radius 1 is 1.05 bits per heavy atom. The van der Waals surface area contributed by atoms with Crippen molar-refractivity contribution in [1.29, 1.82) is 0 Å². The molecule has 0 radical (unpaired) electrons. The van der Waals surface area contributed by atoms with Gasteiger partial charge in [0.25, 0.3) is 5.91 Å². The van der Waals surface area contributed by atoms with Gasteiger partial charge < -0.3 is 29.8 Å². The summed E-state index contributed by atoms with van der Waals surface area (Å²) in [5.74, 6) is -1.06. The molecule has 2 aromatic carbocycles. The van der Waals surface area contributed by atoms with Crippen molar-refractivity contribution < 1.29 is 29.0 Å². The zero-order valence-corrected chi connectivity index (χ0v) is 21.8. The number of ether oxygens (including phenoxy) is 2. The number of amides is 2. The average Bonchev–Trinajstić information content (AvgIpc) is 3.33. The standard InChI is InChI=1S/C28H35N3O6/c1-5-6-9-14-31(26-23(36-3)15-18(2)16-24(26)37-4)28(35)21(12-13-25(32)33)30-27(34)22-17-19-10-7-8-11-20(19)29-22/h7-8,10-11,15-17,21,29H,5-6,9,12-14H2,1-4H3,(H,30,34)(H,32,33)/t21-/m1/s1. The first-order chi connectivity index (χ1) is 17.8. The first kappa shape index (κ1) is 27.6. The largest absolute Gasteiger partial charge is 0.494 e. The van der Waals surface area contributed by atoms with E-state index in [1.807, 2.05) is 43.3 Å². The smallest absolute Gasteiger partial charge is 0.303 e. The number of H-pyrrole nitrogens is 1. The third-order valence-corrected chi connectivity index (χ3v) is 6.17. The van der Waals surface area contributed by atoms with Crippen LogP contribution in [0.1, 0.15) is 55.1 Å². The number of carbonyl (C=O) groups is 3. The van der Waals surface area contributed by atoms with Gasteiger partial charge in [-0.2, -0.15) is 0 Å². The van der Waals surface area contributed by atoms with E-state index in [0.29, 0.717) is 30.2 Å². The lowest BCUT2D eigenvalue weighted by Crippen LogP contribution is -2.49. The molecule has 0 spiro atoms. The fourth-order valence-corrected chi connectivity index (χ4v) is 4.29. The van der Waals surface area contributed by atoms with Crippen LogP contribution < -0.4 is 19.7 Å². The molecule has 1 atom stereocenters. The summed E-state index contributed by atoms with van der Waals surface area (Å²) in [6.07, 6.45) is 2.20. The SMILES string of the molecule is CCCCCN(C(=O)[C@@H](CCC(=O)O)NC(=O)c1cc2ccccc2[nH]1)c1c(OC)cc(C)cc1OC. The molecule has 2 amide bonds. The van der Waals surface area contributed by atoms with Crippen LogP contribution in [0.25, 0.3) is 10.9 Å². The van der Waals surface area contributed by atoms with Crippen LogP contribution >= 0.6 is 0 Å². The summed E-state index contributed by atoms with van der Waals surface area (Å²) >= 11 is 0. The number of methoxy groups -OCH3 is 2. The molecule has 37 heavy (non-hydrogen) atoms. The van der Waals surface area contributed by atoms with Crippen LogP contribution in [0.5, 0.6) is 11.5 Å². The minimum absolute atomic E-state index is 0.0685. The monoisotopic (exact) mass is 509 g/mol. The van der Waals surface area contributed by atoms with Gasteiger partial charge in [-0.25, -0.2) is 0 Å². The van der Waals surface area contributed by atoms with Crippen molar-refractivity contribution in [3.8, 4) is 11.5 Å². The number of nitrogens with zero attached hydrogens (tertiary/aromatic N) is 1. The number of carbonyl (C=O) groups excluding carboxylic acids is 2. The van der Waals surface area contributed by atoms with Gasteiger partial charge in [-0.3, -0.25) is 14.4 Å². The van der Waals surface area contributed by atoms with Gasteiger partial charge in [0.15, 0.2) is 0 Å². The quantitative estimate of drug-likeness (QED) is 0.288. The Kier molecular flexibility index (Phi) is 9.54. The molecule has 0 bridgehead atoms. The molecule has 0 fully saturated rings. The highest BCUT2D eigenvalue weighted by Crippen LogP contribution is 2.40. The lowest BCUT2D eigenvalue weighted by molar-refractivity contribution is -0.137. The van der Waals surface area contributed by atoms with Gasteiger partial charge in [-0.15, -0.1) is 0 Å². The number of nitrogens with one attached hydrogen (secondary N) is 2. The Balaban J connectivity index is 1.99. The summed E-state index contributed by atoms with van der Waals surface area (Å²) in [7, 11) is 3.04. The van der Waals surface area contributed by atoms with E-state index in [4.69, 9.17) is 9.47 Å². The van der Waals surface area contributed by atoms with E-state index in [9.17, 15) is 19.5 Å². The van der Waals surface area contributed by atoms with Crippen molar-refractivity contribution in [2.75, 3.05) is 25.7 Å². The second-order valence-corrected chi connectivity index (χ2v) is 8.94. The van der Waals surface area contributed by atoms with E-state index in [1.54, 1.807) is 11.0 Å². The van der Waals surface area contributed by atoms with Crippen LogP contribution in [0.2, 0.25) is 0 Å². The predicted octanol–water partition coefficient (Wildman–Crippen LogP) is 4.68. The molecule has 1 aromatic heterocycles. The summed E-state index contributed by atoms with van der Waals surface area (Å²) in [6, 6.07) is 11.7. The Morgan fingerprint density at radius 2 is 1.73 bits per heavy atom. The van der Waals surface area contributed by atoms with Gasteiger partial charge in [0.2, 0.25) is 5.91 Å². The summed E-state index contributed by atoms with van der Waals surface area (Å²) in [4.78, 5) is 43.2. The Bertz CT molecular complexity index is 1190. The zero-order chi connectivity index (χ0) is 26.9. The fourth-order valence-electron chi connectivity index (χ4n) is 4.29. The first-order valence-corrected chi connectivity index (χ1v) is 12.4. The van der Waals surface area contributed by atoms with Gasteiger partial charge in [0.05, 0.1) is 14.2 Å². The van der Waals surface area contributed by atoms with Gasteiger partial charge >= 0.3 is 5.97 Å². The van der Waals surface area contributed by atoms with Gasteiger partial charge in [-0.05, 0) is 49.6 Å². The molecule has 9 heteroatoms. The molecule has 0 saturated carbocycles. The highest BCUT2D eigenvalue weighted by molar-refractivity contribution is 6.04. The zero-order valence-electron chi connectivity index (χ0n) is 21.8. The van der Waals surface area contributed by atoms with Gasteiger partial charge in [0, 0.05) is 23.9 Å². The van der Waals surface area contributed by atoms with Crippen LogP contribution in [0.3, 0.4) is 0 Å². The molecule has 3 aromatic rings. The number of anilines is 1. The maximum atomic E-state index is 14.0. The molecule has 3 N–H and O–H groups in total. The van der Waals surface area contributed by atoms with Crippen molar-refractivity contribution in [2.45, 2.75) is 52.0 Å². The number of rotatable bonds is 13. The first-order valence-electron chi connectivity index (χ1n) is 12.4. The number of benzene rings is 2. The maximum absolute atomic E-state index is 14.0. The number of fused-ring (bicyclic) bond motifs is 1. The molecule has 198 valence electrons. The number of aromatic amines is 1. The molecule has 0 aliphatic rings. The van der Waals surface area contributed by atoms with Crippen molar-refractivity contribution in [3.05, 3.63) is 53.7 Å². The lowest BCUT2D eigenvalue weighted by Gasteiger charge is -2.30. The van der Waals surface area contributed by atoms with Crippen molar-refractivity contribution >= 4 is 34.4 Å². The van der Waals surface area contributed by atoms with Gasteiger partial charge in [-0.1, -0.05) is 38.0 Å². The average molecular weight is 510 g/mol. The number of carboxylic acids is 1. The maximum Gasteiger partial charge on any atom is 0.303 e. The highest BCUT2D eigenvalue weighted by Gasteiger charge is 2.31. The number of carboxylic acid groups (broad SMARTS) is 1. The molecule has 0 aliphatic heterocycles. The number of aryl methyl sites for hydroxylation is 1. The predicted molar refractivity (Wildman–Crippen MR) is 143 cm³/mol. The number of aliphatic carboxylic acids is 1. The summed E-state index contributed by atoms with van der Waals surface area (Å²) in [5.41, 5.74) is 2.43. The summed E-state index contributed by atoms with van der Waals surface area (Å²) < 4.78 is 11.2. The third-order valence-electron chi connectivity index (χ3n) is 6.17. The molecule has 0 unspecified atom stereocenters. The lowest BCUT2D eigenvalue weighted by atomic mass is 10.1. The van der Waals surface area contributed by atoms with Crippen LogP contribution in [0.15, 0.2) is 42.5 Å². The van der Waals surface area contributed by atoms with Crippen LogP contribution in [0, 0.1) is 6.92 Å². The Hall–Kier alpha value is -4.01. The van der Waals surface area contributed by atoms with Crippen LogP contribution in [-0.4, -0.2) is 54.7 Å². The van der Waals surface area contributed by atoms with Crippen LogP contribution in [0.4, 0.5) is 5.69 Å². The number of unbranched alkanes of at least 4 members (excludes halogenated alkanes) is 2. The molecular weight excluding hydrogens is 474 g/mol. The molecule has 0 saturated heterocycles. The van der Waals surface area contributed by atoms with E-state index in [0.717, 1.165) is 29.3 Å². The second-order valence-electron chi connectivity index (χ2n) is 8.94. The van der Waals surface area contributed by atoms with Crippen molar-refractivity contribution in [2.24, 2.45) is 0 Å². The van der Waals surface area contributed by atoms with E-state index in [2.05, 4.69) is 17.2 Å². The van der Waals surface area contributed by atoms with E-state index >= 15 is 0 Å². The molecule has 0 aliphatic carbocycles. The molecule has 3 rings (SSSR count). The molecule has 9 nitrogen and oxygen atoms in total. The Morgan fingerprint density at radius 3 is 2.32 bits per heavy atom. The molecular formula is C28H35N3O6. The summed E-state index contributed by atoms with van der Waals surface area (Å²) in [6.45, 7) is 4.32. The van der Waals surface area contributed by atoms with E-state index in [-0.39, 0.29) is 18.5 Å². The summed E-state index contributed by atoms with van der Waals surface area (Å²) in [5, 5.41) is 13.0. The number of hydrogen-bond acceptors (Lipinski definition) is 5. The highest BCUT2D eigenvalue weighted by atomic mass is 16.5. The van der Waals surface area contributed by atoms with Crippen LogP contribution in [-0.2, 0) is 9.59 Å². The van der Waals surface area contributed by atoms with Crippen molar-refractivity contribution in [3.63, 3.8) is 0 Å². The molecule has 1 heterocycles. The number of hydrogen-bond donors (Lipinski definition) is 3. The Labute approximate surface area is 216 Å². The second kappa shape index (κ2) is 12.8. The number of para-hydroxylation sites is 1. The van der Waals surface area contributed by atoms with Crippen molar-refractivity contribution in [1.82, 2.24) is 10.3 Å². The van der Waals surface area contributed by atoms with E-state index < -0.39 is 23.8 Å². The fraction of sp³-hybridized carbons (Fsp3) is 0.393. The minimum Gasteiger partial charge on any atom is -0.494 e. The van der Waals surface area contributed by atoms with Gasteiger partial charge in [0.1, 0.15) is 28.9 Å². The normalized spacial score (nSPS) is 11.7. The minimum atomic E-state index is -1.08. The van der Waals surface area contributed by atoms with E-state index in [1.165, 1.54) is 14.2 Å². The topological polar surface area (TPSA) is 121 Å². The third kappa shape index (κ3) is 6.81. The number of aromatic nitrogens is 1.